The molecule has 2 amide bonds. The summed E-state index contributed by atoms with van der Waals surface area (Å²) in [5, 5.41) is 14.6. The molecule has 0 saturated carbocycles. The summed E-state index contributed by atoms with van der Waals surface area (Å²) in [6.07, 6.45) is 2.63. The number of carbonyl (C=O) groups excluding carboxylic acids is 3. The molecule has 0 saturated heterocycles. The number of benzene rings is 2. The average Bonchev–Trinajstić information content (AvgIpc) is 2.71. The minimum absolute atomic E-state index is 0.0145. The number of rotatable bonds is 7. The van der Waals surface area contributed by atoms with Crippen molar-refractivity contribution in [3.63, 3.8) is 0 Å². The smallest absolute Gasteiger partial charge is 0.331 e. The molecule has 146 valence electrons. The molecule has 0 aliphatic heterocycles. The zero-order valence-corrected chi connectivity index (χ0v) is 15.4. The van der Waals surface area contributed by atoms with Crippen LogP contribution in [0, 0.1) is 0 Å². The van der Waals surface area contributed by atoms with Crippen molar-refractivity contribution in [2.75, 3.05) is 26.1 Å². The second-order valence-electron chi connectivity index (χ2n) is 5.58. The SMILES string of the molecule is CNC(=O)c1cccc(NC(=O)COC(=O)/C=C/c2ccc(O)c(OC)c2)c1. The number of anilines is 1. The van der Waals surface area contributed by atoms with Crippen LogP contribution < -0.4 is 15.4 Å². The Kier molecular flexibility index (Phi) is 7.15. The summed E-state index contributed by atoms with van der Waals surface area (Å²) in [4.78, 5) is 35.3. The summed E-state index contributed by atoms with van der Waals surface area (Å²) >= 11 is 0. The molecule has 0 aliphatic carbocycles. The Morgan fingerprint density at radius 3 is 2.64 bits per heavy atom. The number of carbonyl (C=O) groups is 3. The van der Waals surface area contributed by atoms with Crippen LogP contribution in [0.3, 0.4) is 0 Å². The van der Waals surface area contributed by atoms with E-state index in [1.165, 1.54) is 32.4 Å². The molecule has 2 aromatic carbocycles. The number of hydrogen-bond acceptors (Lipinski definition) is 6. The maximum Gasteiger partial charge on any atom is 0.331 e. The lowest BCUT2D eigenvalue weighted by molar-refractivity contribution is -0.142. The quantitative estimate of drug-likeness (QED) is 0.497. The minimum atomic E-state index is -0.707. The monoisotopic (exact) mass is 384 g/mol. The van der Waals surface area contributed by atoms with E-state index in [2.05, 4.69) is 10.6 Å². The van der Waals surface area contributed by atoms with Gasteiger partial charge < -0.3 is 25.2 Å². The number of methoxy groups -OCH3 is 1. The van der Waals surface area contributed by atoms with Crippen molar-refractivity contribution in [1.82, 2.24) is 5.32 Å². The third-order valence-corrected chi connectivity index (χ3v) is 3.60. The maximum absolute atomic E-state index is 11.9. The lowest BCUT2D eigenvalue weighted by Gasteiger charge is -2.07. The highest BCUT2D eigenvalue weighted by molar-refractivity contribution is 5.98. The first-order valence-corrected chi connectivity index (χ1v) is 8.26. The van der Waals surface area contributed by atoms with Gasteiger partial charge in [0.05, 0.1) is 7.11 Å². The van der Waals surface area contributed by atoms with Crippen LogP contribution in [-0.2, 0) is 14.3 Å². The van der Waals surface area contributed by atoms with E-state index in [9.17, 15) is 19.5 Å². The fraction of sp³-hybridized carbons (Fsp3) is 0.150. The van der Waals surface area contributed by atoms with Gasteiger partial charge in [0.25, 0.3) is 11.8 Å². The summed E-state index contributed by atoms with van der Waals surface area (Å²) < 4.78 is 9.86. The number of nitrogens with one attached hydrogen (secondary N) is 2. The van der Waals surface area contributed by atoms with Crippen molar-refractivity contribution in [1.29, 1.82) is 0 Å². The third-order valence-electron chi connectivity index (χ3n) is 3.60. The van der Waals surface area contributed by atoms with Crippen LogP contribution in [0.1, 0.15) is 15.9 Å². The van der Waals surface area contributed by atoms with Crippen LogP contribution >= 0.6 is 0 Å². The Labute approximate surface area is 161 Å². The Hall–Kier alpha value is -3.81. The van der Waals surface area contributed by atoms with Crippen LogP contribution in [0.2, 0.25) is 0 Å². The Morgan fingerprint density at radius 1 is 1.14 bits per heavy atom. The van der Waals surface area contributed by atoms with E-state index < -0.39 is 18.5 Å². The second kappa shape index (κ2) is 9.77. The average molecular weight is 384 g/mol. The van der Waals surface area contributed by atoms with Gasteiger partial charge in [0, 0.05) is 24.4 Å². The van der Waals surface area contributed by atoms with Crippen molar-refractivity contribution in [2.24, 2.45) is 0 Å². The minimum Gasteiger partial charge on any atom is -0.504 e. The van der Waals surface area contributed by atoms with Gasteiger partial charge in [-0.3, -0.25) is 9.59 Å². The first kappa shape index (κ1) is 20.5. The maximum atomic E-state index is 11.9. The summed E-state index contributed by atoms with van der Waals surface area (Å²) in [5.74, 6) is -1.27. The van der Waals surface area contributed by atoms with Gasteiger partial charge in [0.15, 0.2) is 18.1 Å². The van der Waals surface area contributed by atoms with Crippen LogP contribution in [-0.4, -0.2) is 43.7 Å². The highest BCUT2D eigenvalue weighted by atomic mass is 16.5. The zero-order chi connectivity index (χ0) is 20.5. The van der Waals surface area contributed by atoms with Crippen LogP contribution in [0.4, 0.5) is 5.69 Å². The van der Waals surface area contributed by atoms with Gasteiger partial charge in [-0.25, -0.2) is 4.79 Å². The molecule has 28 heavy (non-hydrogen) atoms. The molecule has 2 aromatic rings. The number of hydrogen-bond donors (Lipinski definition) is 3. The van der Waals surface area contributed by atoms with Gasteiger partial charge in [0.1, 0.15) is 0 Å². The van der Waals surface area contributed by atoms with Crippen LogP contribution in [0.25, 0.3) is 6.08 Å². The second-order valence-corrected chi connectivity index (χ2v) is 5.58. The zero-order valence-electron chi connectivity index (χ0n) is 15.4. The van der Waals surface area contributed by atoms with E-state index in [4.69, 9.17) is 9.47 Å². The Balaban J connectivity index is 1.87. The highest BCUT2D eigenvalue weighted by Crippen LogP contribution is 2.26. The van der Waals surface area contributed by atoms with Crippen LogP contribution in [0.5, 0.6) is 11.5 Å². The van der Waals surface area contributed by atoms with E-state index in [1.54, 1.807) is 30.3 Å². The molecule has 0 radical (unpaired) electrons. The molecule has 8 nitrogen and oxygen atoms in total. The van der Waals surface area contributed by atoms with Crippen molar-refractivity contribution in [3.05, 3.63) is 59.7 Å². The van der Waals surface area contributed by atoms with Gasteiger partial charge in [-0.2, -0.15) is 0 Å². The first-order valence-electron chi connectivity index (χ1n) is 8.26. The van der Waals surface area contributed by atoms with E-state index in [0.717, 1.165) is 6.08 Å². The lowest BCUT2D eigenvalue weighted by Crippen LogP contribution is -2.21. The molecule has 8 heteroatoms. The summed E-state index contributed by atoms with van der Waals surface area (Å²) in [6, 6.07) is 10.9. The van der Waals surface area contributed by atoms with Gasteiger partial charge in [-0.15, -0.1) is 0 Å². The number of aromatic hydroxyl groups is 1. The molecular weight excluding hydrogens is 364 g/mol. The van der Waals surface area contributed by atoms with Gasteiger partial charge in [-0.1, -0.05) is 12.1 Å². The summed E-state index contributed by atoms with van der Waals surface area (Å²) in [6.45, 7) is -0.480. The summed E-state index contributed by atoms with van der Waals surface area (Å²) in [7, 11) is 2.93. The Morgan fingerprint density at radius 2 is 1.93 bits per heavy atom. The number of phenols is 1. The number of amides is 2. The van der Waals surface area contributed by atoms with Gasteiger partial charge >= 0.3 is 5.97 Å². The number of ether oxygens (including phenoxy) is 2. The Bertz CT molecular complexity index is 907. The van der Waals surface area contributed by atoms with Crippen molar-refractivity contribution in [3.8, 4) is 11.5 Å². The first-order chi connectivity index (χ1) is 13.4. The molecule has 0 heterocycles. The largest absolute Gasteiger partial charge is 0.504 e. The molecule has 2 rings (SSSR count). The molecule has 0 fully saturated rings. The molecule has 3 N–H and O–H groups in total. The number of esters is 1. The molecule has 0 atom stereocenters. The lowest BCUT2D eigenvalue weighted by atomic mass is 10.2. The predicted molar refractivity (Wildman–Crippen MR) is 103 cm³/mol. The third kappa shape index (κ3) is 5.87. The molecule has 0 unspecified atom stereocenters. The fourth-order valence-electron chi connectivity index (χ4n) is 2.23. The van der Waals surface area contributed by atoms with Crippen molar-refractivity contribution >= 4 is 29.5 Å². The molecule has 0 aliphatic rings. The normalized spacial score (nSPS) is 10.4. The molecule has 0 spiro atoms. The van der Waals surface area contributed by atoms with Gasteiger partial charge in [-0.05, 0) is 42.0 Å². The van der Waals surface area contributed by atoms with Crippen molar-refractivity contribution < 1.29 is 29.0 Å². The van der Waals surface area contributed by atoms with Crippen LogP contribution in [0.15, 0.2) is 48.5 Å². The highest BCUT2D eigenvalue weighted by Gasteiger charge is 2.08. The topological polar surface area (TPSA) is 114 Å². The van der Waals surface area contributed by atoms with E-state index in [-0.39, 0.29) is 17.4 Å². The summed E-state index contributed by atoms with van der Waals surface area (Å²) in [5.41, 5.74) is 1.42. The molecule has 0 aromatic heterocycles. The molecule has 0 bridgehead atoms. The van der Waals surface area contributed by atoms with E-state index >= 15 is 0 Å². The van der Waals surface area contributed by atoms with E-state index in [0.29, 0.717) is 16.8 Å². The van der Waals surface area contributed by atoms with Gasteiger partial charge in [0.2, 0.25) is 0 Å². The van der Waals surface area contributed by atoms with Crippen molar-refractivity contribution in [2.45, 2.75) is 0 Å². The molecular formula is C20H20N2O6. The number of phenolic OH excluding ortho intramolecular Hbond substituents is 1. The standard InChI is InChI=1S/C20H20N2O6/c1-21-20(26)14-4-3-5-15(11-14)22-18(24)12-28-19(25)9-7-13-6-8-16(23)17(10-13)27-2/h3-11,23H,12H2,1-2H3,(H,21,26)(H,22,24)/b9-7+. The van der Waals surface area contributed by atoms with E-state index in [1.807, 2.05) is 0 Å². The predicted octanol–water partition coefficient (Wildman–Crippen LogP) is 1.96. The fourth-order valence-corrected chi connectivity index (χ4v) is 2.23.